The number of nitrogens with zero attached hydrogens (tertiary/aromatic N) is 1. The minimum atomic E-state index is -0.126. The molecule has 1 amide bonds. The van der Waals surface area contributed by atoms with Crippen LogP contribution in [-0.2, 0) is 11.2 Å². The number of carbonyl (C=O) groups excluding carboxylic acids is 1. The van der Waals surface area contributed by atoms with E-state index in [0.29, 0.717) is 0 Å². The number of hydrogen-bond acceptors (Lipinski definition) is 2. The van der Waals surface area contributed by atoms with Gasteiger partial charge in [-0.1, -0.05) is 54.6 Å². The van der Waals surface area contributed by atoms with E-state index in [4.69, 9.17) is 0 Å². The molecular weight excluding hydrogens is 320 g/mol. The molecule has 0 radical (unpaired) electrons. The molecule has 3 aromatic rings. The lowest BCUT2D eigenvalue weighted by Crippen LogP contribution is -2.15. The first-order valence-corrected chi connectivity index (χ1v) is 8.82. The summed E-state index contributed by atoms with van der Waals surface area (Å²) in [6, 6.07) is 22.3. The minimum Gasteiger partial charge on any atom is -0.323 e. The summed E-state index contributed by atoms with van der Waals surface area (Å²) in [7, 11) is 4.13. The van der Waals surface area contributed by atoms with Gasteiger partial charge in [-0.05, 0) is 60.6 Å². The Morgan fingerprint density at radius 2 is 1.69 bits per heavy atom. The van der Waals surface area contributed by atoms with Gasteiger partial charge in [0, 0.05) is 18.3 Å². The Bertz CT molecular complexity index is 906. The van der Waals surface area contributed by atoms with Crippen molar-refractivity contribution >= 4 is 28.4 Å². The van der Waals surface area contributed by atoms with Crippen molar-refractivity contribution in [1.29, 1.82) is 0 Å². The van der Waals surface area contributed by atoms with E-state index in [1.165, 1.54) is 10.9 Å². The molecule has 1 N–H and O–H groups in total. The van der Waals surface area contributed by atoms with Crippen LogP contribution in [0.5, 0.6) is 0 Å². The average Bonchev–Trinajstić information content (AvgIpc) is 2.65. The van der Waals surface area contributed by atoms with Crippen molar-refractivity contribution in [3.8, 4) is 0 Å². The topological polar surface area (TPSA) is 32.3 Å². The van der Waals surface area contributed by atoms with Crippen molar-refractivity contribution in [3.63, 3.8) is 0 Å². The first kappa shape index (κ1) is 17.9. The molecule has 0 aliphatic rings. The number of likely N-dealkylation sites (N-methyl/N-ethyl adjacent to an activating group) is 1. The minimum absolute atomic E-state index is 0.126. The molecule has 3 rings (SSSR count). The second-order valence-corrected chi connectivity index (χ2v) is 6.64. The zero-order valence-corrected chi connectivity index (χ0v) is 15.3. The fourth-order valence-corrected chi connectivity index (χ4v) is 2.85. The second-order valence-electron chi connectivity index (χ2n) is 6.64. The van der Waals surface area contributed by atoms with Gasteiger partial charge in [-0.2, -0.15) is 0 Å². The van der Waals surface area contributed by atoms with Gasteiger partial charge in [-0.3, -0.25) is 4.79 Å². The summed E-state index contributed by atoms with van der Waals surface area (Å²) in [6.45, 7) is 1.01. The van der Waals surface area contributed by atoms with E-state index >= 15 is 0 Å². The Hall–Kier alpha value is -2.91. The lowest BCUT2D eigenvalue weighted by atomic mass is 10.0. The van der Waals surface area contributed by atoms with E-state index < -0.39 is 0 Å². The lowest BCUT2D eigenvalue weighted by Gasteiger charge is -2.09. The largest absolute Gasteiger partial charge is 0.323 e. The average molecular weight is 344 g/mol. The van der Waals surface area contributed by atoms with Gasteiger partial charge >= 0.3 is 0 Å². The van der Waals surface area contributed by atoms with Crippen molar-refractivity contribution in [3.05, 3.63) is 83.9 Å². The summed E-state index contributed by atoms with van der Waals surface area (Å²) in [5, 5.41) is 5.23. The molecule has 0 bridgehead atoms. The molecule has 0 atom stereocenters. The number of hydrogen-bond donors (Lipinski definition) is 1. The summed E-state index contributed by atoms with van der Waals surface area (Å²) < 4.78 is 0. The highest BCUT2D eigenvalue weighted by Gasteiger charge is 2.01. The fraction of sp³-hybridized carbons (Fsp3) is 0.174. The third-order valence-electron chi connectivity index (χ3n) is 4.31. The van der Waals surface area contributed by atoms with Crippen molar-refractivity contribution in [2.75, 3.05) is 26.0 Å². The maximum absolute atomic E-state index is 12.2. The fourth-order valence-electron chi connectivity index (χ4n) is 2.85. The summed E-state index contributed by atoms with van der Waals surface area (Å²) >= 11 is 0. The van der Waals surface area contributed by atoms with E-state index in [-0.39, 0.29) is 5.91 Å². The number of benzene rings is 3. The molecule has 3 heteroatoms. The molecule has 0 aromatic heterocycles. The number of fused-ring (bicyclic) bond motifs is 1. The van der Waals surface area contributed by atoms with Crippen molar-refractivity contribution in [2.24, 2.45) is 0 Å². The van der Waals surface area contributed by atoms with E-state index in [1.54, 1.807) is 6.08 Å². The summed E-state index contributed by atoms with van der Waals surface area (Å²) in [4.78, 5) is 14.4. The van der Waals surface area contributed by atoms with Crippen LogP contribution >= 0.6 is 0 Å². The van der Waals surface area contributed by atoms with E-state index in [0.717, 1.165) is 29.6 Å². The van der Waals surface area contributed by atoms with E-state index in [2.05, 4.69) is 54.6 Å². The van der Waals surface area contributed by atoms with Gasteiger partial charge in [0.1, 0.15) is 0 Å². The van der Waals surface area contributed by atoms with Crippen LogP contribution in [0, 0.1) is 0 Å². The monoisotopic (exact) mass is 344 g/mol. The van der Waals surface area contributed by atoms with Gasteiger partial charge in [0.2, 0.25) is 5.91 Å². The Balaban J connectivity index is 1.64. The molecule has 132 valence electrons. The van der Waals surface area contributed by atoms with Crippen LogP contribution in [0.3, 0.4) is 0 Å². The Morgan fingerprint density at radius 1 is 0.962 bits per heavy atom. The molecule has 0 aliphatic carbocycles. The molecule has 26 heavy (non-hydrogen) atoms. The van der Waals surface area contributed by atoms with Crippen LogP contribution in [-0.4, -0.2) is 31.4 Å². The molecule has 0 unspecified atom stereocenters. The number of amides is 1. The summed E-state index contributed by atoms with van der Waals surface area (Å²) in [5.74, 6) is -0.126. The van der Waals surface area contributed by atoms with Crippen LogP contribution in [0.15, 0.2) is 72.8 Å². The number of carbonyl (C=O) groups is 1. The van der Waals surface area contributed by atoms with E-state index in [1.807, 2.05) is 42.5 Å². The Morgan fingerprint density at radius 3 is 2.46 bits per heavy atom. The number of rotatable bonds is 6. The van der Waals surface area contributed by atoms with Crippen LogP contribution in [0.4, 0.5) is 5.69 Å². The normalized spacial score (nSPS) is 11.3. The third kappa shape index (κ3) is 4.80. The molecule has 0 aliphatic heterocycles. The SMILES string of the molecule is CN(C)CCc1ccc(NC(=O)/C=C/c2cccc3ccccc23)cc1. The van der Waals surface area contributed by atoms with E-state index in [9.17, 15) is 4.79 Å². The Kier molecular flexibility index (Phi) is 5.82. The van der Waals surface area contributed by atoms with Crippen LogP contribution in [0.2, 0.25) is 0 Å². The van der Waals surface area contributed by atoms with Gasteiger partial charge in [0.15, 0.2) is 0 Å². The quantitative estimate of drug-likeness (QED) is 0.663. The van der Waals surface area contributed by atoms with Gasteiger partial charge in [-0.25, -0.2) is 0 Å². The Labute approximate surface area is 155 Å². The molecule has 0 spiro atoms. The molecule has 0 saturated carbocycles. The predicted octanol–water partition coefficient (Wildman–Crippen LogP) is 4.60. The van der Waals surface area contributed by atoms with Crippen LogP contribution in [0.1, 0.15) is 11.1 Å². The van der Waals surface area contributed by atoms with Crippen molar-refractivity contribution in [2.45, 2.75) is 6.42 Å². The third-order valence-corrected chi connectivity index (χ3v) is 4.31. The smallest absolute Gasteiger partial charge is 0.248 e. The highest BCUT2D eigenvalue weighted by atomic mass is 16.1. The summed E-state index contributed by atoms with van der Waals surface area (Å²) in [5.41, 5.74) is 3.12. The molecule has 3 aromatic carbocycles. The van der Waals surface area contributed by atoms with Crippen LogP contribution in [0.25, 0.3) is 16.8 Å². The van der Waals surface area contributed by atoms with Gasteiger partial charge < -0.3 is 10.2 Å². The highest BCUT2D eigenvalue weighted by molar-refractivity contribution is 6.03. The highest BCUT2D eigenvalue weighted by Crippen LogP contribution is 2.19. The van der Waals surface area contributed by atoms with Crippen molar-refractivity contribution < 1.29 is 4.79 Å². The molecule has 0 saturated heterocycles. The lowest BCUT2D eigenvalue weighted by molar-refractivity contribution is -0.111. The zero-order valence-electron chi connectivity index (χ0n) is 15.3. The number of anilines is 1. The number of nitrogens with one attached hydrogen (secondary N) is 1. The second kappa shape index (κ2) is 8.45. The zero-order chi connectivity index (χ0) is 18.4. The molecular formula is C23H24N2O. The first-order valence-electron chi connectivity index (χ1n) is 8.82. The standard InChI is InChI=1S/C23H24N2O/c1-25(2)17-16-18-10-13-21(14-11-18)24-23(26)15-12-20-8-5-7-19-6-3-4-9-22(19)20/h3-15H,16-17H2,1-2H3,(H,24,26)/b15-12+. The van der Waals surface area contributed by atoms with Gasteiger partial charge in [-0.15, -0.1) is 0 Å². The van der Waals surface area contributed by atoms with Gasteiger partial charge in [0.25, 0.3) is 0 Å². The predicted molar refractivity (Wildman–Crippen MR) is 110 cm³/mol. The maximum Gasteiger partial charge on any atom is 0.248 e. The van der Waals surface area contributed by atoms with Crippen molar-refractivity contribution in [1.82, 2.24) is 4.90 Å². The molecule has 0 fully saturated rings. The van der Waals surface area contributed by atoms with Gasteiger partial charge in [0.05, 0.1) is 0 Å². The van der Waals surface area contributed by atoms with Crippen LogP contribution < -0.4 is 5.32 Å². The maximum atomic E-state index is 12.2. The first-order chi connectivity index (χ1) is 12.6. The summed E-state index contributed by atoms with van der Waals surface area (Å²) in [6.07, 6.45) is 4.45. The molecule has 0 heterocycles. The molecule has 3 nitrogen and oxygen atoms in total.